The van der Waals surface area contributed by atoms with Crippen LogP contribution in [0.2, 0.25) is 0 Å². The summed E-state index contributed by atoms with van der Waals surface area (Å²) in [5, 5.41) is 39.6. The topological polar surface area (TPSA) is 146 Å². The van der Waals surface area contributed by atoms with E-state index < -0.39 is 22.2 Å². The van der Waals surface area contributed by atoms with Crippen LogP contribution in [0.5, 0.6) is 0 Å². The van der Waals surface area contributed by atoms with Crippen molar-refractivity contribution in [2.24, 2.45) is 0 Å². The van der Waals surface area contributed by atoms with Crippen molar-refractivity contribution in [3.63, 3.8) is 0 Å². The van der Waals surface area contributed by atoms with Crippen molar-refractivity contribution in [3.05, 3.63) is 0 Å². The molecule has 0 unspecified atom stereocenters. The molecule has 6 rings (SSSR count). The Morgan fingerprint density at radius 1 is 0.682 bits per heavy atom. The number of urea groups is 1. The van der Waals surface area contributed by atoms with E-state index in [0.717, 1.165) is 25.7 Å². The summed E-state index contributed by atoms with van der Waals surface area (Å²) >= 11 is 0. The van der Waals surface area contributed by atoms with Crippen molar-refractivity contribution in [1.82, 2.24) is 20.3 Å². The largest absolute Gasteiger partial charge is 0.394 e. The van der Waals surface area contributed by atoms with Crippen molar-refractivity contribution >= 4 is 6.03 Å². The molecule has 44 heavy (non-hydrogen) atoms. The third-order valence-electron chi connectivity index (χ3n) is 11.7. The van der Waals surface area contributed by atoms with E-state index in [4.69, 9.17) is 23.7 Å². The van der Waals surface area contributed by atoms with Crippen LogP contribution in [0, 0.1) is 0 Å². The van der Waals surface area contributed by atoms with Gasteiger partial charge in [-0.1, -0.05) is 0 Å². The van der Waals surface area contributed by atoms with Gasteiger partial charge in [0.1, 0.15) is 0 Å². The van der Waals surface area contributed by atoms with Gasteiger partial charge in [0.25, 0.3) is 0 Å². The molecule has 2 amide bonds. The Hall–Kier alpha value is -1.13. The van der Waals surface area contributed by atoms with Gasteiger partial charge in [-0.2, -0.15) is 10.1 Å². The number of nitrogens with one attached hydrogen (secondary N) is 1. The van der Waals surface area contributed by atoms with Crippen LogP contribution in [0.4, 0.5) is 4.79 Å². The molecule has 4 spiro atoms. The van der Waals surface area contributed by atoms with Gasteiger partial charge in [-0.25, -0.2) is 4.79 Å². The van der Waals surface area contributed by atoms with E-state index in [1.807, 2.05) is 4.90 Å². The first kappa shape index (κ1) is 32.8. The van der Waals surface area contributed by atoms with Gasteiger partial charge in [-0.05, 0) is 77.0 Å². The zero-order chi connectivity index (χ0) is 30.7. The molecule has 6 aliphatic heterocycles. The number of nitrogens with zero attached hydrogens (tertiary/aromatic N) is 3. The molecule has 252 valence electrons. The number of piperidine rings is 2. The van der Waals surface area contributed by atoms with Gasteiger partial charge < -0.3 is 49.4 Å². The summed E-state index contributed by atoms with van der Waals surface area (Å²) in [5.41, 5.74) is -1.82. The number of hydrogen-bond donors (Lipinski definition) is 4. The van der Waals surface area contributed by atoms with Crippen LogP contribution in [-0.2, 0) is 23.7 Å². The Morgan fingerprint density at radius 3 is 1.45 bits per heavy atom. The van der Waals surface area contributed by atoms with Crippen molar-refractivity contribution < 1.29 is 44.0 Å². The molecule has 4 N–H and O–H groups in total. The number of rotatable bonds is 7. The average Bonchev–Trinajstić information content (AvgIpc) is 3.04. The third kappa shape index (κ3) is 6.39. The maximum Gasteiger partial charge on any atom is 0.317 e. The first-order chi connectivity index (χ1) is 21.4. The summed E-state index contributed by atoms with van der Waals surface area (Å²) in [6.45, 7) is 5.56. The molecule has 6 saturated heterocycles. The number of carbonyl (C=O) groups excluding carboxylic acids is 1. The molecule has 0 aromatic heterocycles. The third-order valence-corrected chi connectivity index (χ3v) is 11.7. The average molecular weight is 627 g/mol. The molecule has 0 aromatic carbocycles. The summed E-state index contributed by atoms with van der Waals surface area (Å²) in [7, 11) is 0. The van der Waals surface area contributed by atoms with Crippen LogP contribution >= 0.6 is 0 Å². The maximum atomic E-state index is 14.5. The molecule has 6 fully saturated rings. The maximum absolute atomic E-state index is 14.5. The summed E-state index contributed by atoms with van der Waals surface area (Å²) in [5.74, 6) is 0. The highest BCUT2D eigenvalue weighted by atomic mass is 16.5. The minimum absolute atomic E-state index is 0.0708. The number of carbonyl (C=O) groups is 1. The van der Waals surface area contributed by atoms with Crippen LogP contribution < -0.4 is 5.32 Å². The van der Waals surface area contributed by atoms with Gasteiger partial charge in [0.2, 0.25) is 0 Å². The Kier molecular flexibility index (Phi) is 10.4. The molecule has 13 nitrogen and oxygen atoms in total. The monoisotopic (exact) mass is 626 g/mol. The van der Waals surface area contributed by atoms with Crippen molar-refractivity contribution in [1.29, 1.82) is 0 Å². The van der Waals surface area contributed by atoms with E-state index in [1.54, 1.807) is 10.1 Å². The zero-order valence-corrected chi connectivity index (χ0v) is 26.3. The summed E-state index contributed by atoms with van der Waals surface area (Å²) < 4.78 is 28.6. The van der Waals surface area contributed by atoms with Crippen LogP contribution in [0.25, 0.3) is 0 Å². The van der Waals surface area contributed by atoms with Crippen molar-refractivity contribution in [2.75, 3.05) is 79.2 Å². The van der Waals surface area contributed by atoms with Crippen LogP contribution in [0.1, 0.15) is 77.0 Å². The number of aliphatic hydroxyl groups excluding tert-OH is 1. The molecule has 0 atom stereocenters. The molecule has 0 aromatic rings. The first-order valence-electron chi connectivity index (χ1n) is 16.9. The van der Waals surface area contributed by atoms with Crippen molar-refractivity contribution in [3.8, 4) is 0 Å². The fourth-order valence-corrected chi connectivity index (χ4v) is 9.32. The summed E-state index contributed by atoms with van der Waals surface area (Å²) in [4.78, 5) is 16.4. The Morgan fingerprint density at radius 2 is 1.07 bits per heavy atom. The van der Waals surface area contributed by atoms with E-state index in [0.29, 0.717) is 117 Å². The smallest absolute Gasteiger partial charge is 0.317 e. The first-order valence-corrected chi connectivity index (χ1v) is 16.9. The molecule has 0 bridgehead atoms. The second kappa shape index (κ2) is 13.9. The van der Waals surface area contributed by atoms with E-state index >= 15 is 0 Å². The minimum atomic E-state index is -0.469. The van der Waals surface area contributed by atoms with Gasteiger partial charge in [0.15, 0.2) is 0 Å². The SMILES string of the molecule is O=C(NC1CC2(CCOCC2)N(O)C2(CCOCC2)C1)N(CCOCCO)C1CC2(CCOCC2)N(O)C2(CCOCC2)C1. The lowest BCUT2D eigenvalue weighted by Crippen LogP contribution is -2.71. The number of hydrogen-bond acceptors (Lipinski definition) is 11. The lowest BCUT2D eigenvalue weighted by molar-refractivity contribution is -0.299. The van der Waals surface area contributed by atoms with Gasteiger partial charge >= 0.3 is 6.03 Å². The fraction of sp³-hybridized carbons (Fsp3) is 0.968. The second-order valence-corrected chi connectivity index (χ2v) is 14.1. The highest BCUT2D eigenvalue weighted by Gasteiger charge is 2.58. The molecule has 6 heterocycles. The summed E-state index contributed by atoms with van der Waals surface area (Å²) in [6, 6.07) is -0.353. The second-order valence-electron chi connectivity index (χ2n) is 14.1. The highest BCUT2D eigenvalue weighted by molar-refractivity contribution is 5.75. The minimum Gasteiger partial charge on any atom is -0.394 e. The zero-order valence-electron chi connectivity index (χ0n) is 26.3. The van der Waals surface area contributed by atoms with Gasteiger partial charge in [-0.3, -0.25) is 0 Å². The normalized spacial score (nSPS) is 31.8. The molecule has 6 aliphatic rings. The van der Waals surface area contributed by atoms with Crippen LogP contribution in [0.3, 0.4) is 0 Å². The Balaban J connectivity index is 1.26. The predicted molar refractivity (Wildman–Crippen MR) is 158 cm³/mol. The number of aliphatic hydroxyl groups is 1. The highest BCUT2D eigenvalue weighted by Crippen LogP contribution is 2.49. The van der Waals surface area contributed by atoms with Gasteiger partial charge in [-0.15, -0.1) is 0 Å². The lowest BCUT2D eigenvalue weighted by atomic mass is 9.69. The van der Waals surface area contributed by atoms with Gasteiger partial charge in [0, 0.05) is 71.5 Å². The molecule has 0 radical (unpaired) electrons. The Bertz CT molecular complexity index is 892. The molecular weight excluding hydrogens is 572 g/mol. The standard InChI is InChI=1S/C31H54N4O9/c36-10-20-44-19-9-33(26-23-30(5-15-42-16-6-30)35(39)31(24-26)7-17-43-18-8-31)27(37)32-25-21-28(1-11-40-12-2-28)34(38)29(22-25)3-13-41-14-4-29/h25-26,36,38-39H,1-24H2,(H,32,37). The number of amides is 2. The Labute approximate surface area is 261 Å². The van der Waals surface area contributed by atoms with E-state index in [9.17, 15) is 20.3 Å². The quantitative estimate of drug-likeness (QED) is 0.308. The fourth-order valence-electron chi connectivity index (χ4n) is 9.32. The van der Waals surface area contributed by atoms with E-state index in [1.165, 1.54) is 0 Å². The van der Waals surface area contributed by atoms with E-state index in [-0.39, 0.29) is 31.3 Å². The number of hydroxylamine groups is 4. The predicted octanol–water partition coefficient (Wildman–Crippen LogP) is 1.91. The summed E-state index contributed by atoms with van der Waals surface area (Å²) in [6.07, 6.45) is 8.37. The molecule has 0 aliphatic carbocycles. The van der Waals surface area contributed by atoms with Crippen LogP contribution in [0.15, 0.2) is 0 Å². The molecule has 13 heteroatoms. The molecule has 0 saturated carbocycles. The number of ether oxygens (including phenoxy) is 5. The lowest BCUT2D eigenvalue weighted by Gasteiger charge is -2.60. The van der Waals surface area contributed by atoms with E-state index in [2.05, 4.69) is 5.32 Å². The van der Waals surface area contributed by atoms with Crippen LogP contribution in [-0.4, -0.2) is 150 Å². The molecular formula is C31H54N4O9. The van der Waals surface area contributed by atoms with Crippen molar-refractivity contribution in [2.45, 2.75) is 111 Å². The van der Waals surface area contributed by atoms with Gasteiger partial charge in [0.05, 0.1) is 42.0 Å².